The molecule has 0 radical (unpaired) electrons. The predicted molar refractivity (Wildman–Crippen MR) is 70.4 cm³/mol. The minimum atomic E-state index is -1.05. The second-order valence-corrected chi connectivity index (χ2v) is 4.16. The number of carbonyl (C=O) groups excluding carboxylic acids is 1. The van der Waals surface area contributed by atoms with Crippen LogP contribution in [0.3, 0.4) is 0 Å². The summed E-state index contributed by atoms with van der Waals surface area (Å²) in [5.74, 6) is -1.34. The maximum atomic E-state index is 11.8. The molecule has 0 bridgehead atoms. The maximum Gasteiger partial charge on any atom is 0.335 e. The first-order valence-electron chi connectivity index (χ1n) is 6.12. The Kier molecular flexibility index (Phi) is 4.43. The first-order valence-corrected chi connectivity index (χ1v) is 6.12. The maximum absolute atomic E-state index is 11.8. The molecule has 1 heterocycles. The van der Waals surface area contributed by atoms with Gasteiger partial charge in [0.25, 0.3) is 5.91 Å². The summed E-state index contributed by atoms with van der Waals surface area (Å²) in [6.07, 6.45) is 4.06. The van der Waals surface area contributed by atoms with Gasteiger partial charge in [-0.15, -0.1) is 5.10 Å². The Morgan fingerprint density at radius 1 is 1.30 bits per heavy atom. The van der Waals surface area contributed by atoms with Crippen molar-refractivity contribution in [1.29, 1.82) is 0 Å². The third kappa shape index (κ3) is 3.64. The van der Waals surface area contributed by atoms with E-state index in [9.17, 15) is 9.59 Å². The Labute approximate surface area is 115 Å². The van der Waals surface area contributed by atoms with Crippen LogP contribution in [0.4, 0.5) is 0 Å². The van der Waals surface area contributed by atoms with E-state index >= 15 is 0 Å². The van der Waals surface area contributed by atoms with Gasteiger partial charge in [0.15, 0.2) is 0 Å². The van der Waals surface area contributed by atoms with E-state index < -0.39 is 5.97 Å². The van der Waals surface area contributed by atoms with Gasteiger partial charge in [-0.2, -0.15) is 0 Å². The number of carboxylic acids is 1. The van der Waals surface area contributed by atoms with Crippen LogP contribution >= 0.6 is 0 Å². The van der Waals surface area contributed by atoms with Gasteiger partial charge in [-0.1, -0.05) is 11.3 Å². The fourth-order valence-corrected chi connectivity index (χ4v) is 1.69. The van der Waals surface area contributed by atoms with Gasteiger partial charge >= 0.3 is 5.97 Å². The Balaban J connectivity index is 1.82. The van der Waals surface area contributed by atoms with Gasteiger partial charge < -0.3 is 10.4 Å². The fourth-order valence-electron chi connectivity index (χ4n) is 1.69. The van der Waals surface area contributed by atoms with Crippen LogP contribution in [0, 0.1) is 0 Å². The van der Waals surface area contributed by atoms with Crippen molar-refractivity contribution in [3.63, 3.8) is 0 Å². The summed E-state index contributed by atoms with van der Waals surface area (Å²) in [5, 5.41) is 19.1. The Hall–Kier alpha value is -2.70. The molecule has 1 aromatic carbocycles. The Morgan fingerprint density at radius 3 is 2.80 bits per heavy atom. The van der Waals surface area contributed by atoms with Crippen molar-refractivity contribution in [3.8, 4) is 0 Å². The lowest BCUT2D eigenvalue weighted by atomic mass is 10.1. The first-order chi connectivity index (χ1) is 9.66. The highest BCUT2D eigenvalue weighted by atomic mass is 16.4. The molecular formula is C13H14N4O3. The second-order valence-electron chi connectivity index (χ2n) is 4.16. The number of hydrogen-bond donors (Lipinski definition) is 2. The molecule has 20 heavy (non-hydrogen) atoms. The van der Waals surface area contributed by atoms with Gasteiger partial charge in [0, 0.05) is 24.8 Å². The number of carboxylic acid groups (broad SMARTS) is 1. The topological polar surface area (TPSA) is 97.1 Å². The molecule has 0 spiro atoms. The molecule has 0 aliphatic heterocycles. The molecule has 7 heteroatoms. The number of rotatable bonds is 6. The van der Waals surface area contributed by atoms with E-state index in [1.165, 1.54) is 12.1 Å². The molecule has 0 atom stereocenters. The molecule has 0 aliphatic rings. The first kappa shape index (κ1) is 13.7. The zero-order valence-corrected chi connectivity index (χ0v) is 10.7. The van der Waals surface area contributed by atoms with Crippen molar-refractivity contribution in [1.82, 2.24) is 20.3 Å². The van der Waals surface area contributed by atoms with Crippen LogP contribution in [0.2, 0.25) is 0 Å². The van der Waals surface area contributed by atoms with Crippen molar-refractivity contribution in [2.45, 2.75) is 13.0 Å². The van der Waals surface area contributed by atoms with Crippen molar-refractivity contribution < 1.29 is 14.7 Å². The zero-order chi connectivity index (χ0) is 14.4. The summed E-state index contributed by atoms with van der Waals surface area (Å²) >= 11 is 0. The van der Waals surface area contributed by atoms with E-state index in [4.69, 9.17) is 5.11 Å². The number of aromatic carboxylic acids is 1. The summed E-state index contributed by atoms with van der Waals surface area (Å²) in [4.78, 5) is 22.7. The van der Waals surface area contributed by atoms with E-state index in [-0.39, 0.29) is 11.5 Å². The van der Waals surface area contributed by atoms with E-state index in [1.54, 1.807) is 29.2 Å². The normalized spacial score (nSPS) is 10.2. The molecule has 0 saturated heterocycles. The highest BCUT2D eigenvalue weighted by molar-refractivity contribution is 5.97. The van der Waals surface area contributed by atoms with E-state index in [2.05, 4.69) is 15.6 Å². The monoisotopic (exact) mass is 274 g/mol. The Morgan fingerprint density at radius 2 is 2.10 bits per heavy atom. The van der Waals surface area contributed by atoms with Gasteiger partial charge in [0.1, 0.15) is 0 Å². The molecule has 2 aromatic rings. The summed E-state index contributed by atoms with van der Waals surface area (Å²) in [6, 6.07) is 5.94. The zero-order valence-electron chi connectivity index (χ0n) is 10.7. The van der Waals surface area contributed by atoms with Gasteiger partial charge in [-0.25, -0.2) is 4.79 Å². The summed E-state index contributed by atoms with van der Waals surface area (Å²) in [5.41, 5.74) is 0.436. The number of carbonyl (C=O) groups is 2. The summed E-state index contributed by atoms with van der Waals surface area (Å²) in [6.45, 7) is 1.14. The largest absolute Gasteiger partial charge is 0.478 e. The number of amides is 1. The predicted octanol–water partition coefficient (Wildman–Crippen LogP) is 0.796. The fraction of sp³-hybridized carbons (Fsp3) is 0.231. The molecule has 2 N–H and O–H groups in total. The molecule has 2 rings (SSSR count). The lowest BCUT2D eigenvalue weighted by Crippen LogP contribution is -2.25. The van der Waals surface area contributed by atoms with Crippen molar-refractivity contribution in [2.24, 2.45) is 0 Å². The summed E-state index contributed by atoms with van der Waals surface area (Å²) < 4.78 is 1.68. The average molecular weight is 274 g/mol. The Bertz CT molecular complexity index is 595. The molecule has 0 unspecified atom stereocenters. The molecule has 0 saturated carbocycles. The lowest BCUT2D eigenvalue weighted by molar-refractivity contribution is 0.0697. The highest BCUT2D eigenvalue weighted by Crippen LogP contribution is 2.05. The molecular weight excluding hydrogens is 260 g/mol. The number of hydrogen-bond acceptors (Lipinski definition) is 4. The number of benzene rings is 1. The number of nitrogens with one attached hydrogen (secondary N) is 1. The van der Waals surface area contributed by atoms with Crippen LogP contribution in [0.25, 0.3) is 0 Å². The van der Waals surface area contributed by atoms with Gasteiger partial charge in [0.2, 0.25) is 0 Å². The second kappa shape index (κ2) is 6.46. The molecule has 0 aliphatic carbocycles. The van der Waals surface area contributed by atoms with Crippen LogP contribution in [-0.2, 0) is 6.54 Å². The van der Waals surface area contributed by atoms with E-state index in [0.29, 0.717) is 25.1 Å². The van der Waals surface area contributed by atoms with Gasteiger partial charge in [-0.3, -0.25) is 9.48 Å². The highest BCUT2D eigenvalue weighted by Gasteiger charge is 2.08. The SMILES string of the molecule is O=C(O)c1cccc(C(=O)NCCCn2ccnn2)c1. The average Bonchev–Trinajstić information content (AvgIpc) is 2.96. The third-order valence-corrected chi connectivity index (χ3v) is 2.69. The molecule has 1 aromatic heterocycles. The van der Waals surface area contributed by atoms with Crippen molar-refractivity contribution >= 4 is 11.9 Å². The minimum Gasteiger partial charge on any atom is -0.478 e. The number of aromatic nitrogens is 3. The smallest absolute Gasteiger partial charge is 0.335 e. The number of nitrogens with zero attached hydrogens (tertiary/aromatic N) is 3. The lowest BCUT2D eigenvalue weighted by Gasteiger charge is -2.05. The van der Waals surface area contributed by atoms with Crippen molar-refractivity contribution in [3.05, 3.63) is 47.8 Å². The van der Waals surface area contributed by atoms with Gasteiger partial charge in [-0.05, 0) is 24.6 Å². The van der Waals surface area contributed by atoms with E-state index in [0.717, 1.165) is 0 Å². The molecule has 104 valence electrons. The van der Waals surface area contributed by atoms with Crippen LogP contribution in [0.5, 0.6) is 0 Å². The van der Waals surface area contributed by atoms with Crippen LogP contribution in [0.1, 0.15) is 27.1 Å². The summed E-state index contributed by atoms with van der Waals surface area (Å²) in [7, 11) is 0. The molecule has 7 nitrogen and oxygen atoms in total. The molecule has 0 fully saturated rings. The van der Waals surface area contributed by atoms with Crippen LogP contribution < -0.4 is 5.32 Å². The standard InChI is InChI=1S/C13H14N4O3/c18-12(10-3-1-4-11(9-10)13(19)20)14-5-2-7-17-8-6-15-16-17/h1,3-4,6,8-9H,2,5,7H2,(H,14,18)(H,19,20). The third-order valence-electron chi connectivity index (χ3n) is 2.69. The van der Waals surface area contributed by atoms with E-state index in [1.807, 2.05) is 0 Å². The van der Waals surface area contributed by atoms with Gasteiger partial charge in [0.05, 0.1) is 11.8 Å². The minimum absolute atomic E-state index is 0.0975. The quantitative estimate of drug-likeness (QED) is 0.759. The van der Waals surface area contributed by atoms with Crippen LogP contribution in [-0.4, -0.2) is 38.5 Å². The number of aryl methyl sites for hydroxylation is 1. The molecule has 1 amide bonds. The van der Waals surface area contributed by atoms with Crippen molar-refractivity contribution in [2.75, 3.05) is 6.54 Å². The van der Waals surface area contributed by atoms with Crippen LogP contribution in [0.15, 0.2) is 36.7 Å².